The Morgan fingerprint density at radius 1 is 1.38 bits per heavy atom. The number of phenols is 1. The van der Waals surface area contributed by atoms with Crippen LogP contribution in [0.4, 0.5) is 0 Å². The van der Waals surface area contributed by atoms with Gasteiger partial charge in [-0.3, -0.25) is 0 Å². The smallest absolute Gasteiger partial charge is 0.124 e. The number of ether oxygens (including phenoxy) is 1. The number of thiophene rings is 1. The lowest BCUT2D eigenvalue weighted by Gasteiger charge is -2.13. The van der Waals surface area contributed by atoms with Crippen LogP contribution in [0.15, 0.2) is 35.0 Å². The van der Waals surface area contributed by atoms with Crippen LogP contribution < -0.4 is 10.5 Å². The second-order valence-corrected chi connectivity index (χ2v) is 4.24. The zero-order valence-corrected chi connectivity index (χ0v) is 9.70. The fourth-order valence-electron chi connectivity index (χ4n) is 1.54. The molecule has 0 bridgehead atoms. The minimum Gasteiger partial charge on any atom is -0.507 e. The van der Waals surface area contributed by atoms with E-state index in [0.29, 0.717) is 11.3 Å². The van der Waals surface area contributed by atoms with Gasteiger partial charge in [0.15, 0.2) is 0 Å². The summed E-state index contributed by atoms with van der Waals surface area (Å²) < 4.78 is 5.02. The molecule has 1 aromatic carbocycles. The SMILES string of the molecule is COc1ccc([C@@H](N)c2ccsc2)c(O)c1. The number of rotatable bonds is 3. The topological polar surface area (TPSA) is 55.5 Å². The van der Waals surface area contributed by atoms with Crippen LogP contribution in [0.1, 0.15) is 17.2 Å². The Morgan fingerprint density at radius 3 is 2.75 bits per heavy atom. The molecule has 3 N–H and O–H groups in total. The Balaban J connectivity index is 2.34. The van der Waals surface area contributed by atoms with Crippen molar-refractivity contribution >= 4 is 11.3 Å². The van der Waals surface area contributed by atoms with Crippen molar-refractivity contribution in [2.75, 3.05) is 7.11 Å². The van der Waals surface area contributed by atoms with E-state index in [-0.39, 0.29) is 11.8 Å². The zero-order chi connectivity index (χ0) is 11.5. The molecule has 0 aliphatic heterocycles. The van der Waals surface area contributed by atoms with Crippen LogP contribution in [-0.4, -0.2) is 12.2 Å². The van der Waals surface area contributed by atoms with Crippen molar-refractivity contribution in [2.24, 2.45) is 5.73 Å². The molecule has 1 aromatic heterocycles. The fourth-order valence-corrected chi connectivity index (χ4v) is 2.24. The van der Waals surface area contributed by atoms with Gasteiger partial charge < -0.3 is 15.6 Å². The third kappa shape index (κ3) is 2.03. The Labute approximate surface area is 98.1 Å². The number of benzene rings is 1. The quantitative estimate of drug-likeness (QED) is 0.859. The first-order valence-corrected chi connectivity index (χ1v) is 5.81. The normalized spacial score (nSPS) is 12.4. The van der Waals surface area contributed by atoms with Gasteiger partial charge in [0, 0.05) is 11.6 Å². The molecule has 0 saturated heterocycles. The van der Waals surface area contributed by atoms with Crippen LogP contribution in [0.2, 0.25) is 0 Å². The Bertz CT molecular complexity index is 468. The van der Waals surface area contributed by atoms with Crippen molar-refractivity contribution in [3.8, 4) is 11.5 Å². The number of hydrogen-bond acceptors (Lipinski definition) is 4. The van der Waals surface area contributed by atoms with E-state index in [4.69, 9.17) is 10.5 Å². The summed E-state index contributed by atoms with van der Waals surface area (Å²) in [4.78, 5) is 0. The Kier molecular flexibility index (Phi) is 3.12. The van der Waals surface area contributed by atoms with E-state index in [1.807, 2.05) is 16.8 Å². The summed E-state index contributed by atoms with van der Waals surface area (Å²) in [6.45, 7) is 0. The highest BCUT2D eigenvalue weighted by atomic mass is 32.1. The minimum atomic E-state index is -0.294. The molecule has 0 unspecified atom stereocenters. The predicted octanol–water partition coefficient (Wildman–Crippen LogP) is 2.51. The van der Waals surface area contributed by atoms with Gasteiger partial charge in [-0.15, -0.1) is 0 Å². The van der Waals surface area contributed by atoms with Crippen molar-refractivity contribution in [3.05, 3.63) is 46.2 Å². The van der Waals surface area contributed by atoms with Gasteiger partial charge in [0.2, 0.25) is 0 Å². The number of nitrogens with two attached hydrogens (primary N) is 1. The molecule has 16 heavy (non-hydrogen) atoms. The average Bonchev–Trinajstić information content (AvgIpc) is 2.81. The van der Waals surface area contributed by atoms with Crippen LogP contribution in [-0.2, 0) is 0 Å². The van der Waals surface area contributed by atoms with Crippen LogP contribution in [0.5, 0.6) is 11.5 Å². The van der Waals surface area contributed by atoms with Gasteiger partial charge in [0.05, 0.1) is 13.2 Å². The summed E-state index contributed by atoms with van der Waals surface area (Å²) in [5, 5.41) is 13.8. The van der Waals surface area contributed by atoms with E-state index in [0.717, 1.165) is 5.56 Å². The molecule has 3 nitrogen and oxygen atoms in total. The lowest BCUT2D eigenvalue weighted by Crippen LogP contribution is -2.10. The maximum absolute atomic E-state index is 9.84. The third-order valence-electron chi connectivity index (χ3n) is 2.47. The van der Waals surface area contributed by atoms with Gasteiger partial charge in [-0.25, -0.2) is 0 Å². The molecule has 2 aromatic rings. The molecule has 0 aliphatic carbocycles. The van der Waals surface area contributed by atoms with E-state index < -0.39 is 0 Å². The van der Waals surface area contributed by atoms with Gasteiger partial charge in [-0.2, -0.15) is 11.3 Å². The monoisotopic (exact) mass is 235 g/mol. The van der Waals surface area contributed by atoms with Crippen molar-refractivity contribution in [3.63, 3.8) is 0 Å². The summed E-state index contributed by atoms with van der Waals surface area (Å²) in [5.41, 5.74) is 7.77. The van der Waals surface area contributed by atoms with Crippen LogP contribution in [0.3, 0.4) is 0 Å². The second kappa shape index (κ2) is 4.55. The summed E-state index contributed by atoms with van der Waals surface area (Å²) in [7, 11) is 1.56. The second-order valence-electron chi connectivity index (χ2n) is 3.46. The molecular formula is C12H13NO2S. The highest BCUT2D eigenvalue weighted by Crippen LogP contribution is 2.31. The highest BCUT2D eigenvalue weighted by Gasteiger charge is 2.13. The van der Waals surface area contributed by atoms with Gasteiger partial charge in [-0.1, -0.05) is 0 Å². The van der Waals surface area contributed by atoms with Crippen LogP contribution in [0, 0.1) is 0 Å². The van der Waals surface area contributed by atoms with E-state index in [1.54, 1.807) is 36.6 Å². The van der Waals surface area contributed by atoms with Crippen molar-refractivity contribution in [1.82, 2.24) is 0 Å². The standard InChI is InChI=1S/C12H13NO2S/c1-15-9-2-3-10(11(14)6-9)12(13)8-4-5-16-7-8/h2-7,12,14H,13H2,1H3/t12-/m0/s1. The molecule has 1 atom stereocenters. The van der Waals surface area contributed by atoms with Crippen LogP contribution in [0.25, 0.3) is 0 Å². The summed E-state index contributed by atoms with van der Waals surface area (Å²) in [5.74, 6) is 0.789. The van der Waals surface area contributed by atoms with E-state index in [9.17, 15) is 5.11 Å². The summed E-state index contributed by atoms with van der Waals surface area (Å²) in [6.07, 6.45) is 0. The largest absolute Gasteiger partial charge is 0.507 e. The molecule has 0 amide bonds. The Hall–Kier alpha value is -1.52. The lowest BCUT2D eigenvalue weighted by atomic mass is 10.0. The minimum absolute atomic E-state index is 0.165. The summed E-state index contributed by atoms with van der Waals surface area (Å²) in [6, 6.07) is 6.82. The highest BCUT2D eigenvalue weighted by molar-refractivity contribution is 7.08. The van der Waals surface area contributed by atoms with Crippen LogP contribution >= 0.6 is 11.3 Å². The number of hydrogen-bond donors (Lipinski definition) is 2. The first-order chi connectivity index (χ1) is 7.72. The maximum atomic E-state index is 9.84. The number of aromatic hydroxyl groups is 1. The predicted molar refractivity (Wildman–Crippen MR) is 65.0 cm³/mol. The van der Waals surface area contributed by atoms with Crippen molar-refractivity contribution in [1.29, 1.82) is 0 Å². The molecule has 1 heterocycles. The van der Waals surface area contributed by atoms with E-state index in [1.165, 1.54) is 0 Å². The van der Waals surface area contributed by atoms with Gasteiger partial charge in [-0.05, 0) is 34.5 Å². The van der Waals surface area contributed by atoms with E-state index in [2.05, 4.69) is 0 Å². The molecule has 2 rings (SSSR count). The number of methoxy groups -OCH3 is 1. The first kappa shape index (κ1) is 11.0. The lowest BCUT2D eigenvalue weighted by molar-refractivity contribution is 0.406. The molecule has 4 heteroatoms. The molecule has 0 aliphatic rings. The van der Waals surface area contributed by atoms with Gasteiger partial charge in [0.1, 0.15) is 11.5 Å². The molecular weight excluding hydrogens is 222 g/mol. The molecule has 0 radical (unpaired) electrons. The average molecular weight is 235 g/mol. The maximum Gasteiger partial charge on any atom is 0.124 e. The number of phenolic OH excluding ortho intramolecular Hbond substituents is 1. The zero-order valence-electron chi connectivity index (χ0n) is 8.88. The Morgan fingerprint density at radius 2 is 2.19 bits per heavy atom. The fraction of sp³-hybridized carbons (Fsp3) is 0.167. The first-order valence-electron chi connectivity index (χ1n) is 4.87. The summed E-state index contributed by atoms with van der Waals surface area (Å²) >= 11 is 1.59. The molecule has 0 spiro atoms. The van der Waals surface area contributed by atoms with Gasteiger partial charge in [0.25, 0.3) is 0 Å². The molecule has 84 valence electrons. The van der Waals surface area contributed by atoms with Gasteiger partial charge >= 0.3 is 0 Å². The van der Waals surface area contributed by atoms with Crippen molar-refractivity contribution < 1.29 is 9.84 Å². The molecule has 0 saturated carbocycles. The molecule has 0 fully saturated rings. The third-order valence-corrected chi connectivity index (χ3v) is 3.18. The van der Waals surface area contributed by atoms with Crippen molar-refractivity contribution in [2.45, 2.75) is 6.04 Å². The van der Waals surface area contributed by atoms with E-state index >= 15 is 0 Å².